The Morgan fingerprint density at radius 1 is 1.29 bits per heavy atom. The molecule has 0 bridgehead atoms. The Hall–Kier alpha value is -1.55. The predicted molar refractivity (Wildman–Crippen MR) is 92.8 cm³/mol. The topological polar surface area (TPSA) is 55.8 Å². The van der Waals surface area contributed by atoms with Crippen molar-refractivity contribution in [1.29, 1.82) is 0 Å². The molecule has 0 saturated carbocycles. The van der Waals surface area contributed by atoms with Crippen molar-refractivity contribution in [3.05, 3.63) is 11.1 Å². The molecule has 24 heavy (non-hydrogen) atoms. The van der Waals surface area contributed by atoms with Gasteiger partial charge in [0.1, 0.15) is 0 Å². The SMILES string of the molecule is CCNC(=NCc1csc(N(C)C)n1)NCCN(C)CC(F)(F)F. The van der Waals surface area contributed by atoms with Gasteiger partial charge in [-0.05, 0) is 14.0 Å². The average Bonchev–Trinajstić information content (AvgIpc) is 2.92. The van der Waals surface area contributed by atoms with Gasteiger partial charge in [-0.25, -0.2) is 9.98 Å². The van der Waals surface area contributed by atoms with Gasteiger partial charge in [-0.3, -0.25) is 4.90 Å². The number of nitrogens with zero attached hydrogens (tertiary/aromatic N) is 4. The molecule has 0 aromatic carbocycles. The number of hydrogen-bond acceptors (Lipinski definition) is 5. The lowest BCUT2D eigenvalue weighted by Gasteiger charge is -2.19. The van der Waals surface area contributed by atoms with Gasteiger partial charge in [0.05, 0.1) is 18.8 Å². The molecule has 0 saturated heterocycles. The van der Waals surface area contributed by atoms with Crippen LogP contribution in [0.1, 0.15) is 12.6 Å². The molecule has 1 aromatic heterocycles. The van der Waals surface area contributed by atoms with Crippen LogP contribution in [-0.2, 0) is 6.54 Å². The van der Waals surface area contributed by atoms with Crippen LogP contribution in [0.2, 0.25) is 0 Å². The molecule has 10 heteroatoms. The van der Waals surface area contributed by atoms with Gasteiger partial charge in [-0.2, -0.15) is 13.2 Å². The number of aromatic nitrogens is 1. The highest BCUT2D eigenvalue weighted by Crippen LogP contribution is 2.18. The Bertz CT molecular complexity index is 515. The summed E-state index contributed by atoms with van der Waals surface area (Å²) in [7, 11) is 5.29. The van der Waals surface area contributed by atoms with Crippen LogP contribution < -0.4 is 15.5 Å². The number of hydrogen-bond donors (Lipinski definition) is 2. The van der Waals surface area contributed by atoms with Gasteiger partial charge >= 0.3 is 6.18 Å². The number of guanidine groups is 1. The maximum Gasteiger partial charge on any atom is 0.401 e. The number of aliphatic imine (C=N–C) groups is 1. The summed E-state index contributed by atoms with van der Waals surface area (Å²) in [6.07, 6.45) is -4.18. The van der Waals surface area contributed by atoms with Crippen LogP contribution in [0.25, 0.3) is 0 Å². The molecule has 1 rings (SSSR count). The van der Waals surface area contributed by atoms with Crippen molar-refractivity contribution in [2.75, 3.05) is 52.2 Å². The smallest absolute Gasteiger partial charge is 0.357 e. The summed E-state index contributed by atoms with van der Waals surface area (Å²) in [5, 5.41) is 8.95. The van der Waals surface area contributed by atoms with Crippen LogP contribution in [0.15, 0.2) is 10.4 Å². The van der Waals surface area contributed by atoms with Crippen LogP contribution >= 0.6 is 11.3 Å². The summed E-state index contributed by atoms with van der Waals surface area (Å²) in [6, 6.07) is 0. The van der Waals surface area contributed by atoms with Crippen LogP contribution in [0.4, 0.5) is 18.3 Å². The Morgan fingerprint density at radius 2 is 2.00 bits per heavy atom. The molecule has 0 amide bonds. The van der Waals surface area contributed by atoms with Gasteiger partial charge in [-0.15, -0.1) is 11.3 Å². The molecular weight excluding hydrogens is 341 g/mol. The molecule has 0 aliphatic heterocycles. The van der Waals surface area contributed by atoms with Crippen LogP contribution in [0.5, 0.6) is 0 Å². The van der Waals surface area contributed by atoms with E-state index < -0.39 is 12.7 Å². The molecule has 6 nitrogen and oxygen atoms in total. The number of halogens is 3. The molecule has 0 atom stereocenters. The van der Waals surface area contributed by atoms with Gasteiger partial charge in [0.25, 0.3) is 0 Å². The highest BCUT2D eigenvalue weighted by Gasteiger charge is 2.28. The molecule has 1 aromatic rings. The second kappa shape index (κ2) is 9.67. The number of likely N-dealkylation sites (N-methyl/N-ethyl adjacent to an activating group) is 1. The van der Waals surface area contributed by atoms with E-state index in [-0.39, 0.29) is 6.54 Å². The summed E-state index contributed by atoms with van der Waals surface area (Å²) in [4.78, 5) is 12.0. The van der Waals surface area contributed by atoms with E-state index in [9.17, 15) is 13.2 Å². The van der Waals surface area contributed by atoms with Crippen molar-refractivity contribution in [3.8, 4) is 0 Å². The van der Waals surface area contributed by atoms with E-state index >= 15 is 0 Å². The molecular formula is C14H25F3N6S. The van der Waals surface area contributed by atoms with E-state index in [4.69, 9.17) is 0 Å². The highest BCUT2D eigenvalue weighted by molar-refractivity contribution is 7.13. The lowest BCUT2D eigenvalue weighted by atomic mass is 10.5. The number of nitrogens with one attached hydrogen (secondary N) is 2. The zero-order valence-corrected chi connectivity index (χ0v) is 15.3. The normalized spacial score (nSPS) is 12.6. The number of anilines is 1. The fourth-order valence-corrected chi connectivity index (χ4v) is 2.58. The summed E-state index contributed by atoms with van der Waals surface area (Å²) in [6.45, 7) is 2.74. The number of thiazole rings is 1. The third kappa shape index (κ3) is 8.34. The quantitative estimate of drug-likeness (QED) is 0.542. The molecule has 138 valence electrons. The minimum absolute atomic E-state index is 0.269. The van der Waals surface area contributed by atoms with Crippen molar-refractivity contribution >= 4 is 22.4 Å². The van der Waals surface area contributed by atoms with Gasteiger partial charge in [0.2, 0.25) is 0 Å². The number of rotatable bonds is 8. The van der Waals surface area contributed by atoms with Crippen LogP contribution in [0.3, 0.4) is 0 Å². The Balaban J connectivity index is 2.47. The first-order chi connectivity index (χ1) is 11.2. The van der Waals surface area contributed by atoms with Gasteiger partial charge in [-0.1, -0.05) is 0 Å². The Morgan fingerprint density at radius 3 is 2.54 bits per heavy atom. The van der Waals surface area contributed by atoms with E-state index in [2.05, 4.69) is 20.6 Å². The monoisotopic (exact) mass is 366 g/mol. The van der Waals surface area contributed by atoms with E-state index in [0.29, 0.717) is 25.6 Å². The second-order valence-electron chi connectivity index (χ2n) is 5.49. The molecule has 0 unspecified atom stereocenters. The van der Waals surface area contributed by atoms with Gasteiger partial charge in [0, 0.05) is 39.1 Å². The molecule has 0 fully saturated rings. The summed E-state index contributed by atoms with van der Waals surface area (Å²) >= 11 is 1.54. The largest absolute Gasteiger partial charge is 0.401 e. The van der Waals surface area contributed by atoms with Crippen molar-refractivity contribution in [3.63, 3.8) is 0 Å². The van der Waals surface area contributed by atoms with Gasteiger partial charge in [0.15, 0.2) is 11.1 Å². The molecule has 1 heterocycles. The first-order valence-corrected chi connectivity index (χ1v) is 8.48. The maximum absolute atomic E-state index is 12.3. The lowest BCUT2D eigenvalue weighted by Crippen LogP contribution is -2.42. The zero-order chi connectivity index (χ0) is 18.2. The minimum atomic E-state index is -4.18. The van der Waals surface area contributed by atoms with Crippen molar-refractivity contribution in [2.45, 2.75) is 19.6 Å². The third-order valence-electron chi connectivity index (χ3n) is 2.90. The van der Waals surface area contributed by atoms with Crippen molar-refractivity contribution in [1.82, 2.24) is 20.5 Å². The Kier molecular flexibility index (Phi) is 8.26. The van der Waals surface area contributed by atoms with E-state index in [1.165, 1.54) is 11.9 Å². The van der Waals surface area contributed by atoms with Gasteiger partial charge < -0.3 is 15.5 Å². The first kappa shape index (κ1) is 20.5. The summed E-state index contributed by atoms with van der Waals surface area (Å²) in [5.74, 6) is 0.567. The molecule has 0 spiro atoms. The van der Waals surface area contributed by atoms with Crippen molar-refractivity contribution in [2.24, 2.45) is 4.99 Å². The zero-order valence-electron chi connectivity index (χ0n) is 14.4. The Labute approximate surface area is 144 Å². The summed E-state index contributed by atoms with van der Waals surface area (Å²) in [5.41, 5.74) is 0.857. The fourth-order valence-electron chi connectivity index (χ4n) is 1.83. The molecule has 0 aliphatic rings. The van der Waals surface area contributed by atoms with Crippen LogP contribution in [0, 0.1) is 0 Å². The minimum Gasteiger partial charge on any atom is -0.357 e. The molecule has 2 N–H and O–H groups in total. The lowest BCUT2D eigenvalue weighted by molar-refractivity contribution is -0.142. The average molecular weight is 366 g/mol. The highest BCUT2D eigenvalue weighted by atomic mass is 32.1. The van der Waals surface area contributed by atoms with Crippen molar-refractivity contribution < 1.29 is 13.2 Å². The molecule has 0 aliphatic carbocycles. The third-order valence-corrected chi connectivity index (χ3v) is 3.96. The standard InChI is InChI=1S/C14H25F3N6S/c1-5-18-12(19-6-7-23(4)10-14(15,16)17)20-8-11-9-24-13(21-11)22(2)3/h9H,5-8,10H2,1-4H3,(H2,18,19,20). The van der Waals surface area contributed by atoms with Crippen LogP contribution in [-0.4, -0.2) is 69.3 Å². The predicted octanol–water partition coefficient (Wildman–Crippen LogP) is 1.76. The maximum atomic E-state index is 12.3. The van der Waals surface area contributed by atoms with E-state index in [1.54, 1.807) is 11.3 Å². The first-order valence-electron chi connectivity index (χ1n) is 7.60. The van der Waals surface area contributed by atoms with E-state index in [1.807, 2.05) is 31.3 Å². The number of alkyl halides is 3. The summed E-state index contributed by atoms with van der Waals surface area (Å²) < 4.78 is 36.8. The molecule has 0 radical (unpaired) electrons. The fraction of sp³-hybridized carbons (Fsp3) is 0.714. The second-order valence-corrected chi connectivity index (χ2v) is 6.33. The van der Waals surface area contributed by atoms with E-state index in [0.717, 1.165) is 10.8 Å².